The lowest BCUT2D eigenvalue weighted by molar-refractivity contribution is -0.127. The van der Waals surface area contributed by atoms with Crippen molar-refractivity contribution in [3.05, 3.63) is 0 Å². The molecule has 1 unspecified atom stereocenters. The van der Waals surface area contributed by atoms with Crippen molar-refractivity contribution in [1.82, 2.24) is 15.1 Å². The molecule has 6 heteroatoms. The van der Waals surface area contributed by atoms with Gasteiger partial charge in [-0.15, -0.1) is 0 Å². The molecule has 1 saturated carbocycles. The highest BCUT2D eigenvalue weighted by Gasteiger charge is 2.27. The van der Waals surface area contributed by atoms with E-state index in [1.54, 1.807) is 19.0 Å². The number of hydrogen-bond donors (Lipinski definition) is 1. The summed E-state index contributed by atoms with van der Waals surface area (Å²) in [6.45, 7) is 6.85. The van der Waals surface area contributed by atoms with Gasteiger partial charge in [0, 0.05) is 44.2 Å². The Hall–Kier alpha value is -0.910. The minimum absolute atomic E-state index is 0.0579. The highest BCUT2D eigenvalue weighted by molar-refractivity contribution is 8.00. The molecule has 2 aliphatic rings. The lowest BCUT2D eigenvalue weighted by Gasteiger charge is -2.37. The van der Waals surface area contributed by atoms with Crippen molar-refractivity contribution >= 4 is 23.6 Å². The van der Waals surface area contributed by atoms with E-state index in [4.69, 9.17) is 0 Å². The lowest BCUT2D eigenvalue weighted by atomic mass is 10.1. The molecule has 0 aromatic rings. The Morgan fingerprint density at radius 2 is 2.04 bits per heavy atom. The number of nitrogens with zero attached hydrogens (tertiary/aromatic N) is 3. The zero-order chi connectivity index (χ0) is 16.8. The summed E-state index contributed by atoms with van der Waals surface area (Å²) in [6.07, 6.45) is 5.03. The number of amides is 1. The second-order valence-electron chi connectivity index (χ2n) is 7.15. The molecular weight excluding hydrogens is 308 g/mol. The number of guanidine groups is 1. The summed E-state index contributed by atoms with van der Waals surface area (Å²) in [5.41, 5.74) is 0. The average molecular weight is 341 g/mol. The third-order valence-corrected chi connectivity index (χ3v) is 6.23. The molecule has 1 aliphatic heterocycles. The topological polar surface area (TPSA) is 47.9 Å². The largest absolute Gasteiger partial charge is 0.353 e. The van der Waals surface area contributed by atoms with Crippen LogP contribution in [-0.2, 0) is 4.79 Å². The minimum Gasteiger partial charge on any atom is -0.353 e. The molecule has 0 radical (unpaired) electrons. The summed E-state index contributed by atoms with van der Waals surface area (Å²) in [4.78, 5) is 20.5. The molecule has 1 N–H and O–H groups in total. The molecule has 1 saturated heterocycles. The Morgan fingerprint density at radius 1 is 1.35 bits per heavy atom. The number of carbonyl (C=O) groups is 1. The maximum Gasteiger partial charge on any atom is 0.243 e. The fourth-order valence-corrected chi connectivity index (χ4v) is 4.34. The first-order valence-electron chi connectivity index (χ1n) is 8.85. The zero-order valence-electron chi connectivity index (χ0n) is 15.0. The van der Waals surface area contributed by atoms with E-state index in [1.165, 1.54) is 25.7 Å². The molecule has 1 atom stereocenters. The summed E-state index contributed by atoms with van der Waals surface area (Å²) in [6, 6.07) is 0.523. The predicted octanol–water partition coefficient (Wildman–Crippen LogP) is 2.04. The van der Waals surface area contributed by atoms with Gasteiger partial charge in [-0.3, -0.25) is 4.79 Å². The van der Waals surface area contributed by atoms with Gasteiger partial charge in [0.25, 0.3) is 0 Å². The molecule has 0 bridgehead atoms. The first-order valence-corrected chi connectivity index (χ1v) is 9.90. The third-order valence-electron chi connectivity index (χ3n) is 4.69. The van der Waals surface area contributed by atoms with Crippen LogP contribution in [0.5, 0.6) is 0 Å². The van der Waals surface area contributed by atoms with E-state index in [1.807, 2.05) is 0 Å². The van der Waals surface area contributed by atoms with Gasteiger partial charge >= 0.3 is 0 Å². The van der Waals surface area contributed by atoms with Crippen LogP contribution in [-0.4, -0.2) is 72.4 Å². The van der Waals surface area contributed by atoms with Crippen molar-refractivity contribution in [3.8, 4) is 0 Å². The smallest absolute Gasteiger partial charge is 0.243 e. The number of thioether (sulfide) groups is 1. The van der Waals surface area contributed by atoms with Crippen LogP contribution in [0.25, 0.3) is 0 Å². The van der Waals surface area contributed by atoms with Crippen molar-refractivity contribution in [2.75, 3.05) is 39.5 Å². The fraction of sp³-hybridized carbons (Fsp3) is 0.882. The molecule has 0 aromatic heterocycles. The van der Waals surface area contributed by atoms with Gasteiger partial charge in [0.05, 0.1) is 0 Å². The molecular formula is C17H32N4OS. The minimum atomic E-state index is 0.0579. The predicted molar refractivity (Wildman–Crippen MR) is 99.0 cm³/mol. The normalized spacial score (nSPS) is 23.4. The zero-order valence-corrected chi connectivity index (χ0v) is 15.9. The summed E-state index contributed by atoms with van der Waals surface area (Å²) in [7, 11) is 3.57. The number of hydrogen-bond acceptors (Lipinski definition) is 3. The highest BCUT2D eigenvalue weighted by atomic mass is 32.2. The third kappa shape index (κ3) is 5.59. The van der Waals surface area contributed by atoms with Crippen molar-refractivity contribution in [2.45, 2.75) is 50.8 Å². The van der Waals surface area contributed by atoms with E-state index >= 15 is 0 Å². The van der Waals surface area contributed by atoms with Crippen molar-refractivity contribution < 1.29 is 4.79 Å². The second kappa shape index (κ2) is 8.81. The maximum atomic E-state index is 11.9. The molecule has 1 aliphatic carbocycles. The van der Waals surface area contributed by atoms with Crippen LogP contribution in [0, 0.1) is 5.92 Å². The van der Waals surface area contributed by atoms with Gasteiger partial charge in [-0.05, 0) is 18.8 Å². The van der Waals surface area contributed by atoms with Crippen molar-refractivity contribution in [3.63, 3.8) is 0 Å². The van der Waals surface area contributed by atoms with Crippen molar-refractivity contribution in [1.29, 1.82) is 0 Å². The van der Waals surface area contributed by atoms with E-state index in [0.717, 1.165) is 24.8 Å². The molecule has 1 heterocycles. The van der Waals surface area contributed by atoms with Crippen LogP contribution in [0.1, 0.15) is 39.5 Å². The summed E-state index contributed by atoms with van der Waals surface area (Å²) >= 11 is 2.06. The summed E-state index contributed by atoms with van der Waals surface area (Å²) in [5.74, 6) is 2.80. The molecule has 23 heavy (non-hydrogen) atoms. The Balaban J connectivity index is 2.04. The maximum absolute atomic E-state index is 11.9. The van der Waals surface area contributed by atoms with Crippen molar-refractivity contribution in [2.24, 2.45) is 10.9 Å². The molecule has 0 spiro atoms. The Labute approximate surface area is 145 Å². The quantitative estimate of drug-likeness (QED) is 0.628. The molecule has 0 aromatic carbocycles. The summed E-state index contributed by atoms with van der Waals surface area (Å²) < 4.78 is 0. The average Bonchev–Trinajstić information content (AvgIpc) is 3.04. The second-order valence-corrected chi connectivity index (χ2v) is 8.50. The standard InChI is InChI=1S/C17H32N4OS/c1-13(2)15-12-21(9-10-23-15)17(18-11-16(22)20(3)4)19-14-7-5-6-8-14/h13-15H,5-12H2,1-4H3,(H,18,19). The van der Waals surface area contributed by atoms with E-state index in [-0.39, 0.29) is 12.5 Å². The first-order chi connectivity index (χ1) is 11.0. The summed E-state index contributed by atoms with van der Waals surface area (Å²) in [5, 5.41) is 4.28. The number of rotatable bonds is 4. The number of nitrogens with one attached hydrogen (secondary N) is 1. The Morgan fingerprint density at radius 3 is 2.65 bits per heavy atom. The number of likely N-dealkylation sites (N-methyl/N-ethyl adjacent to an activating group) is 1. The van der Waals surface area contributed by atoms with Gasteiger partial charge in [-0.1, -0.05) is 26.7 Å². The number of carbonyl (C=O) groups excluding carboxylic acids is 1. The van der Waals surface area contributed by atoms with Gasteiger partial charge in [-0.25, -0.2) is 4.99 Å². The van der Waals surface area contributed by atoms with Crippen LogP contribution < -0.4 is 5.32 Å². The van der Waals surface area contributed by atoms with Crippen LogP contribution in [0.15, 0.2) is 4.99 Å². The first kappa shape index (κ1) is 18.4. The highest BCUT2D eigenvalue weighted by Crippen LogP contribution is 2.25. The van der Waals surface area contributed by atoms with Gasteiger partial charge in [0.1, 0.15) is 6.54 Å². The van der Waals surface area contributed by atoms with Gasteiger partial charge in [-0.2, -0.15) is 11.8 Å². The van der Waals surface area contributed by atoms with Crippen LogP contribution in [0.2, 0.25) is 0 Å². The van der Waals surface area contributed by atoms with Gasteiger partial charge in [0.2, 0.25) is 5.91 Å². The molecule has 132 valence electrons. The van der Waals surface area contributed by atoms with Gasteiger partial charge < -0.3 is 15.1 Å². The van der Waals surface area contributed by atoms with E-state index < -0.39 is 0 Å². The van der Waals surface area contributed by atoms with E-state index in [2.05, 4.69) is 40.8 Å². The Bertz CT molecular complexity index is 419. The van der Waals surface area contributed by atoms with Crippen LogP contribution in [0.4, 0.5) is 0 Å². The molecule has 5 nitrogen and oxygen atoms in total. The SMILES string of the molecule is CC(C)C1CN(C(=NCC(=O)N(C)C)NC2CCCC2)CCS1. The molecule has 1 amide bonds. The van der Waals surface area contributed by atoms with Crippen LogP contribution >= 0.6 is 11.8 Å². The van der Waals surface area contributed by atoms with E-state index in [9.17, 15) is 4.79 Å². The monoisotopic (exact) mass is 340 g/mol. The molecule has 2 rings (SSSR count). The van der Waals surface area contributed by atoms with Crippen LogP contribution in [0.3, 0.4) is 0 Å². The number of aliphatic imine (C=N–C) groups is 1. The van der Waals surface area contributed by atoms with Gasteiger partial charge in [0.15, 0.2) is 5.96 Å². The Kier molecular flexibility index (Phi) is 7.06. The van der Waals surface area contributed by atoms with E-state index in [0.29, 0.717) is 17.2 Å². The molecule has 2 fully saturated rings. The lowest BCUT2D eigenvalue weighted by Crippen LogP contribution is -2.51. The fourth-order valence-electron chi connectivity index (χ4n) is 3.04.